The highest BCUT2D eigenvalue weighted by Gasteiger charge is 2.19. The van der Waals surface area contributed by atoms with Crippen molar-refractivity contribution in [2.75, 3.05) is 17.3 Å². The summed E-state index contributed by atoms with van der Waals surface area (Å²) in [6.07, 6.45) is 1.98. The van der Waals surface area contributed by atoms with Crippen molar-refractivity contribution in [2.45, 2.75) is 11.8 Å². The molecule has 3 aromatic rings. The van der Waals surface area contributed by atoms with Crippen molar-refractivity contribution in [3.63, 3.8) is 0 Å². The second kappa shape index (κ2) is 7.16. The zero-order valence-corrected chi connectivity index (χ0v) is 15.2. The second-order valence-electron chi connectivity index (χ2n) is 5.35. The third-order valence-corrected chi connectivity index (χ3v) is 4.63. The van der Waals surface area contributed by atoms with E-state index in [4.69, 9.17) is 17.3 Å². The monoisotopic (exact) mass is 373 g/mol. The van der Waals surface area contributed by atoms with Gasteiger partial charge in [0.15, 0.2) is 11.5 Å². The van der Waals surface area contributed by atoms with Crippen LogP contribution in [0.1, 0.15) is 16.1 Å². The molecule has 0 aliphatic heterocycles. The molecule has 6 nitrogen and oxygen atoms in total. The highest BCUT2D eigenvalue weighted by atomic mass is 35.5. The molecule has 0 unspecified atom stereocenters. The predicted molar refractivity (Wildman–Crippen MR) is 102 cm³/mol. The Kier molecular flexibility index (Phi) is 4.96. The molecule has 0 radical (unpaired) electrons. The lowest BCUT2D eigenvalue weighted by atomic mass is 10.2. The zero-order valence-electron chi connectivity index (χ0n) is 13.7. The minimum atomic E-state index is -0.435. The van der Waals surface area contributed by atoms with Crippen LogP contribution in [0.5, 0.6) is 0 Å². The number of carbonyl (C=O) groups is 1. The summed E-state index contributed by atoms with van der Waals surface area (Å²) in [5, 5.41) is 11.2. The van der Waals surface area contributed by atoms with E-state index in [2.05, 4.69) is 15.6 Å². The molecule has 0 bridgehead atoms. The maximum Gasteiger partial charge on any atom is 0.280 e. The number of nitrogens with two attached hydrogens (primary N) is 1. The summed E-state index contributed by atoms with van der Waals surface area (Å²) < 4.78 is 1.44. The molecule has 25 heavy (non-hydrogen) atoms. The van der Waals surface area contributed by atoms with Gasteiger partial charge in [-0.15, -0.1) is 16.9 Å². The van der Waals surface area contributed by atoms with Gasteiger partial charge in [-0.25, -0.2) is 0 Å². The van der Waals surface area contributed by atoms with Crippen LogP contribution < -0.4 is 11.1 Å². The van der Waals surface area contributed by atoms with Gasteiger partial charge in [0.2, 0.25) is 0 Å². The first-order chi connectivity index (χ1) is 12.0. The first kappa shape index (κ1) is 17.3. The number of thioether (sulfide) groups is 1. The lowest BCUT2D eigenvalue weighted by molar-refractivity contribution is 0.102. The van der Waals surface area contributed by atoms with Crippen molar-refractivity contribution in [3.05, 3.63) is 58.7 Å². The Bertz CT molecular complexity index is 941. The van der Waals surface area contributed by atoms with Crippen LogP contribution in [-0.2, 0) is 0 Å². The molecule has 1 amide bonds. The Balaban J connectivity index is 1.90. The molecule has 0 atom stereocenters. The lowest BCUT2D eigenvalue weighted by Gasteiger charge is -2.08. The average molecular weight is 374 g/mol. The van der Waals surface area contributed by atoms with Gasteiger partial charge in [0.1, 0.15) is 0 Å². The summed E-state index contributed by atoms with van der Waals surface area (Å²) in [6, 6.07) is 12.9. The number of nitrogen functional groups attached to an aromatic ring is 1. The van der Waals surface area contributed by atoms with Crippen LogP contribution in [0.4, 0.5) is 11.5 Å². The average Bonchev–Trinajstić information content (AvgIpc) is 3.00. The molecule has 0 saturated carbocycles. The number of hydrogen-bond acceptors (Lipinski definition) is 5. The summed E-state index contributed by atoms with van der Waals surface area (Å²) in [4.78, 5) is 13.6. The Morgan fingerprint density at radius 1 is 1.28 bits per heavy atom. The van der Waals surface area contributed by atoms with E-state index in [1.807, 2.05) is 43.5 Å². The number of benzene rings is 2. The largest absolute Gasteiger partial charge is 0.382 e. The Labute approximate surface area is 154 Å². The van der Waals surface area contributed by atoms with E-state index >= 15 is 0 Å². The summed E-state index contributed by atoms with van der Waals surface area (Å²) in [7, 11) is 0. The Morgan fingerprint density at radius 2 is 2.08 bits per heavy atom. The molecule has 8 heteroatoms. The molecule has 1 heterocycles. The highest BCUT2D eigenvalue weighted by Crippen LogP contribution is 2.23. The molecule has 0 aliphatic rings. The minimum absolute atomic E-state index is 0.0638. The third-order valence-electron chi connectivity index (χ3n) is 3.67. The van der Waals surface area contributed by atoms with E-state index < -0.39 is 5.91 Å². The summed E-state index contributed by atoms with van der Waals surface area (Å²) in [6.45, 7) is 1.88. The summed E-state index contributed by atoms with van der Waals surface area (Å²) in [5.41, 5.74) is 8.40. The zero-order chi connectivity index (χ0) is 18.0. The van der Waals surface area contributed by atoms with Crippen LogP contribution in [0.15, 0.2) is 47.4 Å². The van der Waals surface area contributed by atoms with Crippen molar-refractivity contribution in [2.24, 2.45) is 0 Å². The molecule has 0 spiro atoms. The number of carbonyl (C=O) groups excluding carboxylic acids is 1. The molecule has 0 fully saturated rings. The van der Waals surface area contributed by atoms with Crippen LogP contribution in [0.3, 0.4) is 0 Å². The smallest absolute Gasteiger partial charge is 0.280 e. The van der Waals surface area contributed by atoms with Crippen LogP contribution >= 0.6 is 23.4 Å². The Morgan fingerprint density at radius 3 is 2.84 bits per heavy atom. The number of anilines is 2. The van der Waals surface area contributed by atoms with E-state index in [0.717, 1.165) is 16.1 Å². The maximum absolute atomic E-state index is 12.5. The quantitative estimate of drug-likeness (QED) is 0.679. The fourth-order valence-corrected chi connectivity index (χ4v) is 2.92. The van der Waals surface area contributed by atoms with E-state index in [9.17, 15) is 4.79 Å². The van der Waals surface area contributed by atoms with Crippen LogP contribution in [-0.4, -0.2) is 27.2 Å². The number of hydrogen-bond donors (Lipinski definition) is 2. The minimum Gasteiger partial charge on any atom is -0.382 e. The summed E-state index contributed by atoms with van der Waals surface area (Å²) >= 11 is 7.59. The van der Waals surface area contributed by atoms with Gasteiger partial charge < -0.3 is 11.1 Å². The first-order valence-corrected chi connectivity index (χ1v) is 9.03. The Hall–Kier alpha value is -2.51. The van der Waals surface area contributed by atoms with E-state index in [1.165, 1.54) is 4.68 Å². The highest BCUT2D eigenvalue weighted by molar-refractivity contribution is 7.98. The maximum atomic E-state index is 12.5. The van der Waals surface area contributed by atoms with Crippen molar-refractivity contribution in [1.82, 2.24) is 15.0 Å². The van der Waals surface area contributed by atoms with Gasteiger partial charge in [-0.2, -0.15) is 4.68 Å². The standard InChI is InChI=1S/C17H16ClN5OS/c1-10-6-7-11(18)8-14(10)20-17(24)15-16(19)23(22-21-15)12-4-3-5-13(9-12)25-2/h3-9H,19H2,1-2H3,(H,20,24). The van der Waals surface area contributed by atoms with E-state index in [0.29, 0.717) is 10.7 Å². The second-order valence-corrected chi connectivity index (χ2v) is 6.67. The van der Waals surface area contributed by atoms with Crippen molar-refractivity contribution in [1.29, 1.82) is 0 Å². The molecule has 128 valence electrons. The topological polar surface area (TPSA) is 85.8 Å². The molecule has 3 N–H and O–H groups in total. The molecule has 1 aromatic heterocycles. The number of rotatable bonds is 4. The molecule has 0 aliphatic carbocycles. The number of aryl methyl sites for hydroxylation is 1. The van der Waals surface area contributed by atoms with Gasteiger partial charge in [0.05, 0.1) is 5.69 Å². The van der Waals surface area contributed by atoms with Gasteiger partial charge in [-0.1, -0.05) is 28.9 Å². The number of halogens is 1. The SMILES string of the molecule is CSc1cccc(-n2nnc(C(=O)Nc3cc(Cl)ccc3C)c2N)c1. The lowest BCUT2D eigenvalue weighted by Crippen LogP contribution is -2.15. The van der Waals surface area contributed by atoms with Crippen molar-refractivity contribution < 1.29 is 4.79 Å². The molecule has 2 aromatic carbocycles. The van der Waals surface area contributed by atoms with Crippen molar-refractivity contribution >= 4 is 40.8 Å². The van der Waals surface area contributed by atoms with Gasteiger partial charge in [-0.05, 0) is 49.1 Å². The van der Waals surface area contributed by atoms with Crippen molar-refractivity contribution in [3.8, 4) is 5.69 Å². The predicted octanol–water partition coefficient (Wildman–Crippen LogP) is 3.79. The fourth-order valence-electron chi connectivity index (χ4n) is 2.29. The summed E-state index contributed by atoms with van der Waals surface area (Å²) in [5.74, 6) is -0.259. The first-order valence-electron chi connectivity index (χ1n) is 7.42. The van der Waals surface area contributed by atoms with E-state index in [1.54, 1.807) is 23.9 Å². The fraction of sp³-hybridized carbons (Fsp3) is 0.118. The van der Waals surface area contributed by atoms with Gasteiger partial charge in [0, 0.05) is 15.6 Å². The normalized spacial score (nSPS) is 10.7. The molecular formula is C17H16ClN5OS. The number of nitrogens with zero attached hydrogens (tertiary/aromatic N) is 3. The van der Waals surface area contributed by atoms with Gasteiger partial charge >= 0.3 is 0 Å². The molecule has 3 rings (SSSR count). The van der Waals surface area contributed by atoms with Crippen LogP contribution in [0.25, 0.3) is 5.69 Å². The number of nitrogens with one attached hydrogen (secondary N) is 1. The van der Waals surface area contributed by atoms with Gasteiger partial charge in [-0.3, -0.25) is 4.79 Å². The van der Waals surface area contributed by atoms with E-state index in [-0.39, 0.29) is 11.5 Å². The molecular weight excluding hydrogens is 358 g/mol. The van der Waals surface area contributed by atoms with Crippen LogP contribution in [0.2, 0.25) is 5.02 Å². The number of amides is 1. The molecule has 0 saturated heterocycles. The van der Waals surface area contributed by atoms with Crippen LogP contribution in [0, 0.1) is 6.92 Å². The van der Waals surface area contributed by atoms with Gasteiger partial charge in [0.25, 0.3) is 5.91 Å². The third kappa shape index (κ3) is 3.62. The number of aromatic nitrogens is 3.